The van der Waals surface area contributed by atoms with Crippen LogP contribution in [0.25, 0.3) is 16.6 Å². The van der Waals surface area contributed by atoms with Gasteiger partial charge in [0, 0.05) is 17.1 Å². The maximum absolute atomic E-state index is 13.6. The van der Waals surface area contributed by atoms with Crippen molar-refractivity contribution >= 4 is 49.6 Å². The molecule has 34 heavy (non-hydrogen) atoms. The number of fused-ring (bicyclic) bond motifs is 1. The molecule has 4 aromatic rings. The first-order valence-corrected chi connectivity index (χ1v) is 10.6. The van der Waals surface area contributed by atoms with Crippen molar-refractivity contribution < 1.29 is 15.0 Å². The summed E-state index contributed by atoms with van der Waals surface area (Å²) in [6.07, 6.45) is 0. The van der Waals surface area contributed by atoms with E-state index >= 15 is 0 Å². The fraction of sp³-hybridized carbons (Fsp3) is 0.0435. The molecular weight excluding hydrogens is 508 g/mol. The summed E-state index contributed by atoms with van der Waals surface area (Å²) in [6.45, 7) is 1.43. The van der Waals surface area contributed by atoms with Crippen LogP contribution in [-0.4, -0.2) is 25.2 Å². The Bertz CT molecular complexity index is 1560. The van der Waals surface area contributed by atoms with Crippen LogP contribution in [0.15, 0.2) is 81.0 Å². The second-order valence-corrected chi connectivity index (χ2v) is 8.08. The van der Waals surface area contributed by atoms with E-state index in [2.05, 4.69) is 20.9 Å². The predicted octanol–water partition coefficient (Wildman–Crippen LogP) is 5.42. The molecule has 0 saturated carbocycles. The Morgan fingerprint density at radius 2 is 1.65 bits per heavy atom. The maximum atomic E-state index is 13.6. The van der Waals surface area contributed by atoms with Gasteiger partial charge in [-0.15, -0.1) is 0 Å². The Balaban J connectivity index is 2.03. The third-order valence-electron chi connectivity index (χ3n) is 5.15. The molecule has 4 rings (SSSR count). The monoisotopic (exact) mass is 522 g/mol. The molecule has 0 bridgehead atoms. The van der Waals surface area contributed by atoms with Crippen molar-refractivity contribution in [1.82, 2.24) is 4.57 Å². The summed E-state index contributed by atoms with van der Waals surface area (Å²) in [7, 11) is 0. The number of non-ortho nitro benzene ring substituents is 1. The highest BCUT2D eigenvalue weighted by atomic mass is 79.9. The maximum Gasteiger partial charge on any atom is 0.302 e. The summed E-state index contributed by atoms with van der Waals surface area (Å²) < 4.78 is 1.42. The average Bonchev–Trinajstić information content (AvgIpc) is 2.80. The number of nitro benzene ring substituents is 2. The highest BCUT2D eigenvalue weighted by Crippen LogP contribution is 2.40. The van der Waals surface area contributed by atoms with Gasteiger partial charge in [-0.3, -0.25) is 29.6 Å². The molecule has 0 aliphatic rings. The predicted molar refractivity (Wildman–Crippen MR) is 131 cm³/mol. The van der Waals surface area contributed by atoms with Crippen molar-refractivity contribution in [2.75, 3.05) is 0 Å². The van der Waals surface area contributed by atoms with Gasteiger partial charge in [-0.1, -0.05) is 30.3 Å². The Morgan fingerprint density at radius 3 is 2.29 bits per heavy atom. The molecule has 170 valence electrons. The highest BCUT2D eigenvalue weighted by Gasteiger charge is 2.25. The lowest BCUT2D eigenvalue weighted by Gasteiger charge is -2.15. The topological polar surface area (TPSA) is 141 Å². The number of pyridine rings is 1. The van der Waals surface area contributed by atoms with E-state index in [1.807, 2.05) is 0 Å². The minimum Gasteiger partial charge on any atom is -0.506 e. The highest BCUT2D eigenvalue weighted by molar-refractivity contribution is 9.10. The van der Waals surface area contributed by atoms with Gasteiger partial charge in [-0.05, 0) is 47.1 Å². The van der Waals surface area contributed by atoms with Gasteiger partial charge >= 0.3 is 5.69 Å². The minimum atomic E-state index is -0.799. The molecule has 0 aliphatic heterocycles. The van der Waals surface area contributed by atoms with Gasteiger partial charge in [-0.25, -0.2) is 4.99 Å². The number of aromatic nitrogens is 1. The van der Waals surface area contributed by atoms with E-state index < -0.39 is 26.8 Å². The van der Waals surface area contributed by atoms with Crippen molar-refractivity contribution in [1.29, 1.82) is 0 Å². The van der Waals surface area contributed by atoms with E-state index in [0.717, 1.165) is 12.1 Å². The van der Waals surface area contributed by atoms with Gasteiger partial charge in [0.1, 0.15) is 11.3 Å². The number of benzene rings is 3. The van der Waals surface area contributed by atoms with Gasteiger partial charge in [0.05, 0.1) is 31.6 Å². The van der Waals surface area contributed by atoms with E-state index in [0.29, 0.717) is 16.6 Å². The van der Waals surface area contributed by atoms with E-state index in [9.17, 15) is 30.1 Å². The number of rotatable bonds is 5. The second-order valence-electron chi connectivity index (χ2n) is 7.22. The number of halogens is 1. The van der Waals surface area contributed by atoms with Crippen molar-refractivity contribution in [2.45, 2.75) is 6.92 Å². The molecule has 0 amide bonds. The summed E-state index contributed by atoms with van der Waals surface area (Å²) in [6, 6.07) is 17.5. The number of aromatic hydroxyl groups is 1. The van der Waals surface area contributed by atoms with E-state index in [1.165, 1.54) is 11.5 Å². The molecule has 11 heteroatoms. The van der Waals surface area contributed by atoms with Crippen molar-refractivity contribution in [2.24, 2.45) is 4.99 Å². The Labute approximate surface area is 199 Å². The number of hydrogen-bond acceptors (Lipinski definition) is 7. The molecule has 1 aromatic heterocycles. The second kappa shape index (κ2) is 8.87. The van der Waals surface area contributed by atoms with Crippen LogP contribution in [0.2, 0.25) is 0 Å². The van der Waals surface area contributed by atoms with Gasteiger partial charge in [0.15, 0.2) is 5.69 Å². The number of nitro groups is 2. The molecule has 0 spiro atoms. The molecule has 0 fully saturated rings. The van der Waals surface area contributed by atoms with Gasteiger partial charge in [-0.2, -0.15) is 0 Å². The first-order chi connectivity index (χ1) is 16.2. The average molecular weight is 523 g/mol. The lowest BCUT2D eigenvalue weighted by molar-refractivity contribution is -0.393. The number of nitrogens with zero attached hydrogens (tertiary/aromatic N) is 4. The van der Waals surface area contributed by atoms with Crippen LogP contribution in [0.5, 0.6) is 5.75 Å². The van der Waals surface area contributed by atoms with Crippen LogP contribution in [0.1, 0.15) is 12.5 Å². The summed E-state index contributed by atoms with van der Waals surface area (Å²) in [5.41, 5.74) is -1.04. The lowest BCUT2D eigenvalue weighted by Crippen LogP contribution is -2.25. The molecular formula is C23H15BrN4O6. The van der Waals surface area contributed by atoms with Crippen LogP contribution in [0, 0.1) is 20.2 Å². The van der Waals surface area contributed by atoms with Crippen molar-refractivity contribution in [3.8, 4) is 11.4 Å². The first kappa shape index (κ1) is 22.8. The van der Waals surface area contributed by atoms with Crippen molar-refractivity contribution in [3.05, 3.63) is 107 Å². The van der Waals surface area contributed by atoms with Crippen LogP contribution in [-0.2, 0) is 0 Å². The van der Waals surface area contributed by atoms with Gasteiger partial charge in [0.2, 0.25) is 0 Å². The number of aliphatic imine (C=N–C) groups is 1. The summed E-state index contributed by atoms with van der Waals surface area (Å²) >= 11 is 3.10. The fourth-order valence-electron chi connectivity index (χ4n) is 3.64. The number of para-hydroxylation sites is 2. The zero-order valence-electron chi connectivity index (χ0n) is 17.5. The normalized spacial score (nSPS) is 11.5. The standard InChI is InChI=1S/C23H15BrN4O6/c1-13(25-21-17(24)11-15(27(31)32)12-19(21)28(33)34)20-22(29)16-9-5-6-10-18(16)26(23(20)30)14-7-3-2-4-8-14/h2-12,29H,1H3. The van der Waals surface area contributed by atoms with Crippen LogP contribution >= 0.6 is 15.9 Å². The van der Waals surface area contributed by atoms with Crippen LogP contribution in [0.4, 0.5) is 17.1 Å². The fourth-order valence-corrected chi connectivity index (χ4v) is 4.16. The van der Waals surface area contributed by atoms with E-state index in [-0.39, 0.29) is 27.2 Å². The molecule has 0 atom stereocenters. The third kappa shape index (κ3) is 3.92. The molecule has 0 aliphatic carbocycles. The smallest absolute Gasteiger partial charge is 0.302 e. The van der Waals surface area contributed by atoms with Crippen LogP contribution in [0.3, 0.4) is 0 Å². The summed E-state index contributed by atoms with van der Waals surface area (Å²) in [5, 5.41) is 34.1. The Kier molecular flexibility index (Phi) is 5.95. The molecule has 1 N–H and O–H groups in total. The Morgan fingerprint density at radius 1 is 1.00 bits per heavy atom. The quantitative estimate of drug-likeness (QED) is 0.211. The van der Waals surface area contributed by atoms with Crippen LogP contribution < -0.4 is 5.56 Å². The van der Waals surface area contributed by atoms with Gasteiger partial charge < -0.3 is 5.11 Å². The molecule has 0 saturated heterocycles. The molecule has 0 unspecified atom stereocenters. The number of hydrogen-bond donors (Lipinski definition) is 1. The summed E-state index contributed by atoms with van der Waals surface area (Å²) in [4.78, 5) is 39.0. The zero-order valence-corrected chi connectivity index (χ0v) is 19.1. The molecule has 3 aromatic carbocycles. The van der Waals surface area contributed by atoms with Crippen molar-refractivity contribution in [3.63, 3.8) is 0 Å². The SMILES string of the molecule is CC(=Nc1c(Br)cc([N+](=O)[O-])cc1[N+](=O)[O-])c1c(O)c2ccccc2n(-c2ccccc2)c1=O. The van der Waals surface area contributed by atoms with E-state index in [1.54, 1.807) is 54.6 Å². The largest absolute Gasteiger partial charge is 0.506 e. The zero-order chi connectivity index (χ0) is 24.6. The molecule has 1 heterocycles. The first-order valence-electron chi connectivity index (χ1n) is 9.80. The van der Waals surface area contributed by atoms with Gasteiger partial charge in [0.25, 0.3) is 11.2 Å². The lowest BCUT2D eigenvalue weighted by atomic mass is 10.1. The molecule has 10 nitrogen and oxygen atoms in total. The third-order valence-corrected chi connectivity index (χ3v) is 5.75. The summed E-state index contributed by atoms with van der Waals surface area (Å²) in [5.74, 6) is -0.324. The van der Waals surface area contributed by atoms with E-state index in [4.69, 9.17) is 0 Å². The Hall–Kier alpha value is -4.38. The molecule has 0 radical (unpaired) electrons. The minimum absolute atomic E-state index is 0.00332.